The summed E-state index contributed by atoms with van der Waals surface area (Å²) < 4.78 is 6.18. The Morgan fingerprint density at radius 2 is 2.14 bits per heavy atom. The van der Waals surface area contributed by atoms with Crippen molar-refractivity contribution in [1.82, 2.24) is 14.9 Å². The predicted molar refractivity (Wildman–Crippen MR) is 72.9 cm³/mol. The lowest BCUT2D eigenvalue weighted by Gasteiger charge is -2.12. The van der Waals surface area contributed by atoms with E-state index in [4.69, 9.17) is 4.52 Å². The molecule has 0 aliphatic heterocycles. The Bertz CT molecular complexity index is 703. The van der Waals surface area contributed by atoms with Crippen molar-refractivity contribution in [1.29, 1.82) is 0 Å². The first-order chi connectivity index (χ1) is 9.81. The Kier molecular flexibility index (Phi) is 3.74. The maximum absolute atomic E-state index is 12.1. The fraction of sp³-hybridized carbons (Fsp3) is 0.417. The highest BCUT2D eigenvalue weighted by Gasteiger charge is 2.27. The number of nitro groups is 1. The normalized spacial score (nSPS) is 12.2. The number of amides is 1. The van der Waals surface area contributed by atoms with Gasteiger partial charge in [0.05, 0.1) is 4.92 Å². The van der Waals surface area contributed by atoms with E-state index in [0.717, 1.165) is 0 Å². The molecule has 0 fully saturated rings. The summed E-state index contributed by atoms with van der Waals surface area (Å²) in [5.74, 6) is 0.476. The van der Waals surface area contributed by atoms with Gasteiger partial charge < -0.3 is 9.84 Å². The van der Waals surface area contributed by atoms with E-state index in [9.17, 15) is 14.9 Å². The standard InChI is InChI=1S/C12H15N5O4/c1-6-5-10(15-21-6)13-12(18)9(4)16-8(3)11(17(19)20)7(2)14-16/h5,9H,1-4H3,(H,13,15,18)/t9-/m1/s1. The third kappa shape index (κ3) is 2.76. The zero-order chi connectivity index (χ0) is 15.7. The molecule has 2 rings (SSSR count). The number of hydrogen-bond acceptors (Lipinski definition) is 6. The van der Waals surface area contributed by atoms with Crippen LogP contribution in [0.3, 0.4) is 0 Å². The number of aromatic nitrogens is 3. The average molecular weight is 293 g/mol. The second-order valence-electron chi connectivity index (χ2n) is 4.71. The van der Waals surface area contributed by atoms with Crippen LogP contribution in [0.5, 0.6) is 0 Å². The number of carbonyl (C=O) groups is 1. The Hall–Kier alpha value is -2.71. The number of carbonyl (C=O) groups excluding carboxylic acids is 1. The maximum Gasteiger partial charge on any atom is 0.312 e. The minimum Gasteiger partial charge on any atom is -0.360 e. The van der Waals surface area contributed by atoms with Gasteiger partial charge in [0.15, 0.2) is 5.82 Å². The summed E-state index contributed by atoms with van der Waals surface area (Å²) in [6.07, 6.45) is 0. The van der Waals surface area contributed by atoms with Crippen molar-refractivity contribution in [3.63, 3.8) is 0 Å². The first-order valence-electron chi connectivity index (χ1n) is 6.25. The smallest absolute Gasteiger partial charge is 0.312 e. The minimum atomic E-state index is -0.714. The molecule has 2 aromatic heterocycles. The predicted octanol–water partition coefficient (Wildman–Crippen LogP) is 1.90. The average Bonchev–Trinajstić information content (AvgIpc) is 2.92. The number of nitrogens with zero attached hydrogens (tertiary/aromatic N) is 4. The van der Waals surface area contributed by atoms with Crippen LogP contribution in [0.2, 0.25) is 0 Å². The topological polar surface area (TPSA) is 116 Å². The number of aryl methyl sites for hydroxylation is 2. The lowest BCUT2D eigenvalue weighted by Crippen LogP contribution is -2.25. The molecule has 1 atom stereocenters. The molecule has 0 saturated carbocycles. The quantitative estimate of drug-likeness (QED) is 0.679. The second-order valence-corrected chi connectivity index (χ2v) is 4.71. The maximum atomic E-state index is 12.1. The molecular formula is C12H15N5O4. The molecule has 9 nitrogen and oxygen atoms in total. The first-order valence-corrected chi connectivity index (χ1v) is 6.25. The van der Waals surface area contributed by atoms with Gasteiger partial charge in [0.25, 0.3) is 0 Å². The number of nitrogens with one attached hydrogen (secondary N) is 1. The highest BCUT2D eigenvalue weighted by Crippen LogP contribution is 2.25. The zero-order valence-electron chi connectivity index (χ0n) is 12.1. The Morgan fingerprint density at radius 3 is 2.62 bits per heavy atom. The van der Waals surface area contributed by atoms with Crippen LogP contribution in [-0.2, 0) is 4.79 Å². The lowest BCUT2D eigenvalue weighted by molar-refractivity contribution is -0.386. The fourth-order valence-corrected chi connectivity index (χ4v) is 2.06. The van der Waals surface area contributed by atoms with Gasteiger partial charge in [-0.25, -0.2) is 0 Å². The van der Waals surface area contributed by atoms with E-state index in [2.05, 4.69) is 15.6 Å². The summed E-state index contributed by atoms with van der Waals surface area (Å²) in [6.45, 7) is 6.40. The van der Waals surface area contributed by atoms with Gasteiger partial charge in [-0.3, -0.25) is 19.6 Å². The molecule has 0 aliphatic rings. The molecule has 21 heavy (non-hydrogen) atoms. The molecule has 112 valence electrons. The SMILES string of the molecule is Cc1cc(NC(=O)[C@@H](C)n2nc(C)c([N+](=O)[O-])c2C)no1. The van der Waals surface area contributed by atoms with E-state index in [0.29, 0.717) is 17.3 Å². The van der Waals surface area contributed by atoms with E-state index in [1.165, 1.54) is 11.6 Å². The molecule has 0 aromatic carbocycles. The monoisotopic (exact) mass is 293 g/mol. The fourth-order valence-electron chi connectivity index (χ4n) is 2.06. The molecule has 2 heterocycles. The third-order valence-electron chi connectivity index (χ3n) is 3.09. The van der Waals surface area contributed by atoms with Gasteiger partial charge in [0, 0.05) is 6.07 Å². The van der Waals surface area contributed by atoms with Crippen molar-refractivity contribution in [3.8, 4) is 0 Å². The Morgan fingerprint density at radius 1 is 1.48 bits per heavy atom. The van der Waals surface area contributed by atoms with Crippen LogP contribution in [0.25, 0.3) is 0 Å². The van der Waals surface area contributed by atoms with Crippen LogP contribution in [-0.4, -0.2) is 25.8 Å². The summed E-state index contributed by atoms with van der Waals surface area (Å²) in [6, 6.07) is 0.864. The molecule has 0 spiro atoms. The third-order valence-corrected chi connectivity index (χ3v) is 3.09. The first kappa shape index (κ1) is 14.7. The second kappa shape index (κ2) is 5.35. The van der Waals surface area contributed by atoms with Gasteiger partial charge in [0.2, 0.25) is 5.91 Å². The Labute approximate surface area is 120 Å². The molecule has 0 radical (unpaired) electrons. The van der Waals surface area contributed by atoms with E-state index in [-0.39, 0.29) is 17.3 Å². The summed E-state index contributed by atoms with van der Waals surface area (Å²) >= 11 is 0. The zero-order valence-corrected chi connectivity index (χ0v) is 12.1. The van der Waals surface area contributed by atoms with Gasteiger partial charge in [-0.2, -0.15) is 5.10 Å². The number of hydrogen-bond donors (Lipinski definition) is 1. The Balaban J connectivity index is 2.23. The molecule has 2 aromatic rings. The van der Waals surface area contributed by atoms with Crippen molar-refractivity contribution < 1.29 is 14.2 Å². The van der Waals surface area contributed by atoms with Crippen molar-refractivity contribution in [2.45, 2.75) is 33.7 Å². The van der Waals surface area contributed by atoms with E-state index in [1.54, 1.807) is 26.8 Å². The van der Waals surface area contributed by atoms with E-state index < -0.39 is 11.0 Å². The van der Waals surface area contributed by atoms with Gasteiger partial charge in [-0.1, -0.05) is 5.16 Å². The number of anilines is 1. The van der Waals surface area contributed by atoms with Crippen LogP contribution in [0.1, 0.15) is 30.1 Å². The van der Waals surface area contributed by atoms with Gasteiger partial charge >= 0.3 is 5.69 Å². The summed E-state index contributed by atoms with van der Waals surface area (Å²) in [5, 5.41) is 21.3. The van der Waals surface area contributed by atoms with E-state index >= 15 is 0 Å². The summed E-state index contributed by atoms with van der Waals surface area (Å²) in [5.41, 5.74) is 0.526. The van der Waals surface area contributed by atoms with Crippen molar-refractivity contribution >= 4 is 17.4 Å². The minimum absolute atomic E-state index is 0.0769. The molecule has 0 saturated heterocycles. The summed E-state index contributed by atoms with van der Waals surface area (Å²) in [7, 11) is 0. The molecule has 1 N–H and O–H groups in total. The lowest BCUT2D eigenvalue weighted by atomic mass is 10.3. The van der Waals surface area contributed by atoms with Crippen molar-refractivity contribution in [3.05, 3.63) is 33.3 Å². The summed E-state index contributed by atoms with van der Waals surface area (Å²) in [4.78, 5) is 22.6. The van der Waals surface area contributed by atoms with Crippen LogP contribution in [0, 0.1) is 30.9 Å². The van der Waals surface area contributed by atoms with Crippen molar-refractivity contribution in [2.75, 3.05) is 5.32 Å². The van der Waals surface area contributed by atoms with Crippen LogP contribution in [0.4, 0.5) is 11.5 Å². The molecule has 1 amide bonds. The van der Waals surface area contributed by atoms with Crippen LogP contribution >= 0.6 is 0 Å². The molecule has 0 aliphatic carbocycles. The molecule has 9 heteroatoms. The molecular weight excluding hydrogens is 278 g/mol. The highest BCUT2D eigenvalue weighted by atomic mass is 16.6. The van der Waals surface area contributed by atoms with Gasteiger partial charge in [-0.05, 0) is 27.7 Å². The number of rotatable bonds is 4. The van der Waals surface area contributed by atoms with E-state index in [1.807, 2.05) is 0 Å². The highest BCUT2D eigenvalue weighted by molar-refractivity contribution is 5.92. The van der Waals surface area contributed by atoms with Crippen LogP contribution in [0.15, 0.2) is 10.6 Å². The van der Waals surface area contributed by atoms with Gasteiger partial charge in [-0.15, -0.1) is 0 Å². The molecule has 0 unspecified atom stereocenters. The van der Waals surface area contributed by atoms with Gasteiger partial charge in [0.1, 0.15) is 23.2 Å². The largest absolute Gasteiger partial charge is 0.360 e. The molecule has 0 bridgehead atoms. The van der Waals surface area contributed by atoms with Crippen LogP contribution < -0.4 is 5.32 Å². The van der Waals surface area contributed by atoms with Crippen molar-refractivity contribution in [2.24, 2.45) is 0 Å².